The summed E-state index contributed by atoms with van der Waals surface area (Å²) in [6.45, 7) is 1.32. The van der Waals surface area contributed by atoms with Crippen LogP contribution in [0.5, 0.6) is 0 Å². The molecule has 0 saturated carbocycles. The molecule has 132 valence electrons. The predicted molar refractivity (Wildman–Crippen MR) is 105 cm³/mol. The first-order chi connectivity index (χ1) is 12.7. The number of hydrogen-bond donors (Lipinski definition) is 1. The van der Waals surface area contributed by atoms with E-state index in [9.17, 15) is 4.79 Å². The molecule has 0 aliphatic heterocycles. The molecule has 0 spiro atoms. The van der Waals surface area contributed by atoms with Crippen molar-refractivity contribution < 1.29 is 4.79 Å². The van der Waals surface area contributed by atoms with Gasteiger partial charge in [0.15, 0.2) is 0 Å². The van der Waals surface area contributed by atoms with E-state index < -0.39 is 0 Å². The number of halogens is 1. The van der Waals surface area contributed by atoms with E-state index in [0.29, 0.717) is 18.0 Å². The van der Waals surface area contributed by atoms with Crippen molar-refractivity contribution in [3.8, 4) is 0 Å². The number of imidazole rings is 1. The van der Waals surface area contributed by atoms with Gasteiger partial charge in [0.1, 0.15) is 5.82 Å². The lowest BCUT2D eigenvalue weighted by Crippen LogP contribution is -2.24. The van der Waals surface area contributed by atoms with Crippen LogP contribution in [0.15, 0.2) is 73.1 Å². The molecule has 5 heteroatoms. The lowest BCUT2D eigenvalue weighted by atomic mass is 10.2. The average molecular weight is 366 g/mol. The number of rotatable bonds is 7. The van der Waals surface area contributed by atoms with E-state index in [2.05, 4.69) is 27.0 Å². The van der Waals surface area contributed by atoms with Gasteiger partial charge in [-0.2, -0.15) is 0 Å². The Balaban J connectivity index is 1.48. The maximum absolute atomic E-state index is 11.9. The van der Waals surface area contributed by atoms with Crippen molar-refractivity contribution in [3.05, 3.63) is 95.0 Å². The van der Waals surface area contributed by atoms with Gasteiger partial charge in [0.2, 0.25) is 5.91 Å². The second-order valence-corrected chi connectivity index (χ2v) is 6.32. The van der Waals surface area contributed by atoms with E-state index in [1.165, 1.54) is 11.6 Å². The number of nitrogens with zero attached hydrogens (tertiary/aromatic N) is 2. The molecule has 0 aliphatic rings. The maximum atomic E-state index is 11.9. The summed E-state index contributed by atoms with van der Waals surface area (Å²) >= 11 is 5.84. The van der Waals surface area contributed by atoms with Crippen LogP contribution in [0.1, 0.15) is 17.0 Å². The first kappa shape index (κ1) is 18.0. The summed E-state index contributed by atoms with van der Waals surface area (Å²) in [5.41, 5.74) is 2.16. The topological polar surface area (TPSA) is 46.9 Å². The number of carbonyl (C=O) groups excluding carboxylic acids is 1. The van der Waals surface area contributed by atoms with Gasteiger partial charge >= 0.3 is 0 Å². The number of amides is 1. The van der Waals surface area contributed by atoms with Crippen molar-refractivity contribution >= 4 is 23.6 Å². The lowest BCUT2D eigenvalue weighted by Gasteiger charge is -2.08. The Labute approximate surface area is 158 Å². The van der Waals surface area contributed by atoms with Gasteiger partial charge in [-0.05, 0) is 29.3 Å². The minimum absolute atomic E-state index is 0.124. The third-order valence-corrected chi connectivity index (χ3v) is 4.19. The molecule has 0 atom stereocenters. The highest BCUT2D eigenvalue weighted by Gasteiger charge is 2.04. The Hall–Kier alpha value is -2.85. The molecule has 0 bridgehead atoms. The van der Waals surface area contributed by atoms with Gasteiger partial charge in [0, 0.05) is 43.0 Å². The van der Waals surface area contributed by atoms with Gasteiger partial charge in [-0.15, -0.1) is 0 Å². The average Bonchev–Trinajstić information content (AvgIpc) is 3.09. The highest BCUT2D eigenvalue weighted by Crippen LogP contribution is 2.10. The Bertz CT molecular complexity index is 870. The van der Waals surface area contributed by atoms with Crippen LogP contribution in [0.3, 0.4) is 0 Å². The Morgan fingerprint density at radius 1 is 1.12 bits per heavy atom. The second kappa shape index (κ2) is 9.02. The molecule has 26 heavy (non-hydrogen) atoms. The van der Waals surface area contributed by atoms with Gasteiger partial charge in [-0.25, -0.2) is 4.98 Å². The number of aromatic nitrogens is 2. The van der Waals surface area contributed by atoms with Crippen molar-refractivity contribution in [3.63, 3.8) is 0 Å². The van der Waals surface area contributed by atoms with Crippen LogP contribution in [-0.2, 0) is 17.8 Å². The van der Waals surface area contributed by atoms with Crippen molar-refractivity contribution in [1.29, 1.82) is 0 Å². The third kappa shape index (κ3) is 5.33. The van der Waals surface area contributed by atoms with Crippen LogP contribution in [0.25, 0.3) is 6.08 Å². The fraction of sp³-hybridized carbons (Fsp3) is 0.143. The molecular weight excluding hydrogens is 346 g/mol. The smallest absolute Gasteiger partial charge is 0.244 e. The van der Waals surface area contributed by atoms with Crippen LogP contribution < -0.4 is 5.32 Å². The molecule has 3 aromatic rings. The minimum atomic E-state index is -0.124. The van der Waals surface area contributed by atoms with E-state index in [1.807, 2.05) is 36.5 Å². The zero-order chi connectivity index (χ0) is 18.2. The van der Waals surface area contributed by atoms with Crippen LogP contribution >= 0.6 is 11.6 Å². The van der Waals surface area contributed by atoms with Gasteiger partial charge in [-0.1, -0.05) is 54.1 Å². The van der Waals surface area contributed by atoms with Crippen molar-refractivity contribution in [1.82, 2.24) is 14.9 Å². The van der Waals surface area contributed by atoms with Gasteiger partial charge in [0.25, 0.3) is 0 Å². The predicted octanol–water partition coefficient (Wildman–Crippen LogP) is 3.96. The molecule has 3 rings (SSSR count). The van der Waals surface area contributed by atoms with Gasteiger partial charge in [0.05, 0.1) is 0 Å². The number of hydrogen-bond acceptors (Lipinski definition) is 2. The molecular formula is C21H20ClN3O. The zero-order valence-corrected chi connectivity index (χ0v) is 15.1. The molecule has 1 N–H and O–H groups in total. The normalized spacial score (nSPS) is 11.0. The first-order valence-corrected chi connectivity index (χ1v) is 8.84. The van der Waals surface area contributed by atoms with E-state index in [0.717, 1.165) is 17.9 Å². The minimum Gasteiger partial charge on any atom is -0.352 e. The SMILES string of the molecule is O=C(/C=C/c1ccc(Cl)cc1)NCCc1nccn1Cc1ccccc1. The van der Waals surface area contributed by atoms with Crippen molar-refractivity contribution in [2.24, 2.45) is 0 Å². The molecule has 4 nitrogen and oxygen atoms in total. The Morgan fingerprint density at radius 3 is 2.65 bits per heavy atom. The van der Waals surface area contributed by atoms with E-state index in [4.69, 9.17) is 11.6 Å². The highest BCUT2D eigenvalue weighted by molar-refractivity contribution is 6.30. The molecule has 0 aliphatic carbocycles. The van der Waals surface area contributed by atoms with Gasteiger partial charge < -0.3 is 9.88 Å². The van der Waals surface area contributed by atoms with Crippen LogP contribution in [0, 0.1) is 0 Å². The molecule has 0 unspecified atom stereocenters. The molecule has 1 heterocycles. The largest absolute Gasteiger partial charge is 0.352 e. The summed E-state index contributed by atoms with van der Waals surface area (Å²) < 4.78 is 2.10. The van der Waals surface area contributed by atoms with E-state index in [1.54, 1.807) is 24.4 Å². The molecule has 1 aromatic heterocycles. The molecule has 0 radical (unpaired) electrons. The Morgan fingerprint density at radius 2 is 1.88 bits per heavy atom. The van der Waals surface area contributed by atoms with Gasteiger partial charge in [-0.3, -0.25) is 4.79 Å². The number of benzene rings is 2. The Kier molecular flexibility index (Phi) is 6.23. The molecule has 0 fully saturated rings. The number of carbonyl (C=O) groups is 1. The van der Waals surface area contributed by atoms with Crippen LogP contribution in [0.2, 0.25) is 5.02 Å². The monoisotopic (exact) mass is 365 g/mol. The third-order valence-electron chi connectivity index (χ3n) is 3.94. The van der Waals surface area contributed by atoms with E-state index in [-0.39, 0.29) is 5.91 Å². The van der Waals surface area contributed by atoms with Crippen molar-refractivity contribution in [2.45, 2.75) is 13.0 Å². The molecule has 2 aromatic carbocycles. The first-order valence-electron chi connectivity index (χ1n) is 8.46. The summed E-state index contributed by atoms with van der Waals surface area (Å²) in [6, 6.07) is 17.6. The van der Waals surface area contributed by atoms with Crippen molar-refractivity contribution in [2.75, 3.05) is 6.54 Å². The second-order valence-electron chi connectivity index (χ2n) is 5.88. The van der Waals surface area contributed by atoms with Crippen LogP contribution in [-0.4, -0.2) is 22.0 Å². The summed E-state index contributed by atoms with van der Waals surface area (Å²) in [5.74, 6) is 0.831. The summed E-state index contributed by atoms with van der Waals surface area (Å²) in [6.07, 6.45) is 7.73. The fourth-order valence-electron chi connectivity index (χ4n) is 2.59. The maximum Gasteiger partial charge on any atom is 0.244 e. The molecule has 0 saturated heterocycles. The fourth-order valence-corrected chi connectivity index (χ4v) is 2.72. The molecule has 1 amide bonds. The standard InChI is InChI=1S/C21H20ClN3O/c22-19-9-6-17(7-10-19)8-11-21(26)24-13-12-20-23-14-15-25(20)16-18-4-2-1-3-5-18/h1-11,14-15H,12-13,16H2,(H,24,26)/b11-8+. The highest BCUT2D eigenvalue weighted by atomic mass is 35.5. The summed E-state index contributed by atoms with van der Waals surface area (Å²) in [4.78, 5) is 16.3. The van der Waals surface area contributed by atoms with E-state index >= 15 is 0 Å². The summed E-state index contributed by atoms with van der Waals surface area (Å²) in [5, 5.41) is 3.57. The zero-order valence-electron chi connectivity index (χ0n) is 14.3. The number of nitrogens with one attached hydrogen (secondary N) is 1. The quantitative estimate of drug-likeness (QED) is 0.644. The van der Waals surface area contributed by atoms with Crippen LogP contribution in [0.4, 0.5) is 0 Å². The summed E-state index contributed by atoms with van der Waals surface area (Å²) in [7, 11) is 0. The lowest BCUT2D eigenvalue weighted by molar-refractivity contribution is -0.116.